The summed E-state index contributed by atoms with van der Waals surface area (Å²) in [6.45, 7) is 8.19. The van der Waals surface area contributed by atoms with Crippen LogP contribution in [0.25, 0.3) is 5.69 Å². The fourth-order valence-electron chi connectivity index (χ4n) is 3.90. The normalized spacial score (nSPS) is 14.1. The number of methoxy groups -OCH3 is 1. The molecule has 0 bridgehead atoms. The average molecular weight is 467 g/mol. The van der Waals surface area contributed by atoms with E-state index in [4.69, 9.17) is 14.2 Å². The van der Waals surface area contributed by atoms with Gasteiger partial charge >= 0.3 is 0 Å². The molecular weight excluding hydrogens is 436 g/mol. The first-order valence-corrected chi connectivity index (χ1v) is 11.5. The molecule has 0 aliphatic carbocycles. The zero-order valence-corrected chi connectivity index (χ0v) is 19.8. The van der Waals surface area contributed by atoms with Gasteiger partial charge in [0, 0.05) is 31.7 Å². The van der Waals surface area contributed by atoms with Gasteiger partial charge in [-0.15, -0.1) is 5.10 Å². The number of ether oxygens (including phenoxy) is 3. The minimum Gasteiger partial charge on any atom is -0.497 e. The van der Waals surface area contributed by atoms with Gasteiger partial charge in [0.05, 0.1) is 32.6 Å². The van der Waals surface area contributed by atoms with Crippen molar-refractivity contribution >= 4 is 5.91 Å². The molecule has 1 aliphatic rings. The minimum absolute atomic E-state index is 0.00767. The van der Waals surface area contributed by atoms with E-state index in [0.717, 1.165) is 30.4 Å². The molecule has 2 aromatic carbocycles. The summed E-state index contributed by atoms with van der Waals surface area (Å²) in [5.41, 5.74) is 1.47. The topological polar surface area (TPSA) is 94.8 Å². The first kappa shape index (κ1) is 23.5. The highest BCUT2D eigenvalue weighted by Crippen LogP contribution is 2.29. The number of piperazine rings is 1. The number of hydrogen-bond acceptors (Lipinski definition) is 8. The third kappa shape index (κ3) is 5.28. The summed E-state index contributed by atoms with van der Waals surface area (Å²) in [6, 6.07) is 13.0. The van der Waals surface area contributed by atoms with E-state index >= 15 is 0 Å². The minimum atomic E-state index is -0.00767. The van der Waals surface area contributed by atoms with Crippen LogP contribution in [0.2, 0.25) is 0 Å². The number of nitrogens with zero attached hydrogens (tertiary/aromatic N) is 6. The molecule has 10 heteroatoms. The van der Waals surface area contributed by atoms with E-state index in [9.17, 15) is 4.79 Å². The van der Waals surface area contributed by atoms with Gasteiger partial charge < -0.3 is 19.1 Å². The van der Waals surface area contributed by atoms with Gasteiger partial charge in [-0.3, -0.25) is 9.69 Å². The highest BCUT2D eigenvalue weighted by molar-refractivity contribution is 5.95. The van der Waals surface area contributed by atoms with Crippen molar-refractivity contribution in [2.45, 2.75) is 20.4 Å². The van der Waals surface area contributed by atoms with Crippen LogP contribution in [0, 0.1) is 0 Å². The molecule has 4 rings (SSSR count). The van der Waals surface area contributed by atoms with E-state index in [1.54, 1.807) is 30.0 Å². The Balaban J connectivity index is 1.37. The first-order valence-electron chi connectivity index (χ1n) is 11.5. The second kappa shape index (κ2) is 11.0. The fourth-order valence-corrected chi connectivity index (χ4v) is 3.90. The van der Waals surface area contributed by atoms with Gasteiger partial charge in [0.1, 0.15) is 5.75 Å². The Bertz CT molecular complexity index is 1090. The molecule has 0 saturated carbocycles. The van der Waals surface area contributed by atoms with Crippen LogP contribution in [0.3, 0.4) is 0 Å². The maximum Gasteiger partial charge on any atom is 0.254 e. The lowest BCUT2D eigenvalue weighted by Crippen LogP contribution is -2.48. The van der Waals surface area contributed by atoms with Crippen molar-refractivity contribution in [1.82, 2.24) is 30.0 Å². The van der Waals surface area contributed by atoms with Gasteiger partial charge in [-0.05, 0) is 66.7 Å². The van der Waals surface area contributed by atoms with E-state index in [-0.39, 0.29) is 5.91 Å². The SMILES string of the molecule is CCOc1ccc(C(=O)N2CCN(Cc3nnnn3-c3ccc(OC)cc3)CC2)cc1OCC. The number of carbonyl (C=O) groups is 1. The quantitative estimate of drug-likeness (QED) is 0.475. The Hall–Kier alpha value is -3.66. The molecule has 10 nitrogen and oxygen atoms in total. The predicted molar refractivity (Wildman–Crippen MR) is 126 cm³/mol. The van der Waals surface area contributed by atoms with Crippen molar-refractivity contribution in [3.63, 3.8) is 0 Å². The standard InChI is InChI=1S/C24H30N6O4/c1-4-33-21-11-6-18(16-22(21)34-5-2)24(31)29-14-12-28(13-15-29)17-23-25-26-27-30(23)19-7-9-20(32-3)10-8-19/h6-11,16H,4-5,12-15,17H2,1-3H3. The molecule has 0 N–H and O–H groups in total. The Morgan fingerprint density at radius 1 is 0.941 bits per heavy atom. The summed E-state index contributed by atoms with van der Waals surface area (Å²) in [6.07, 6.45) is 0. The Labute approximate surface area is 199 Å². The second-order valence-corrected chi connectivity index (χ2v) is 7.80. The van der Waals surface area contributed by atoms with Crippen LogP contribution in [0.5, 0.6) is 17.2 Å². The molecule has 0 spiro atoms. The summed E-state index contributed by atoms with van der Waals surface area (Å²) < 4.78 is 18.2. The van der Waals surface area contributed by atoms with Crippen molar-refractivity contribution < 1.29 is 19.0 Å². The van der Waals surface area contributed by atoms with Gasteiger partial charge in [0.15, 0.2) is 17.3 Å². The van der Waals surface area contributed by atoms with Gasteiger partial charge in [0.2, 0.25) is 0 Å². The van der Waals surface area contributed by atoms with Crippen LogP contribution in [0.4, 0.5) is 0 Å². The predicted octanol–water partition coefficient (Wildman–Crippen LogP) is 2.43. The fraction of sp³-hybridized carbons (Fsp3) is 0.417. The maximum atomic E-state index is 13.1. The van der Waals surface area contributed by atoms with E-state index in [1.807, 2.05) is 43.0 Å². The Morgan fingerprint density at radius 3 is 2.32 bits per heavy atom. The van der Waals surface area contributed by atoms with Gasteiger partial charge in [0.25, 0.3) is 5.91 Å². The molecule has 1 amide bonds. The zero-order chi connectivity index (χ0) is 23.9. The third-order valence-electron chi connectivity index (χ3n) is 5.67. The number of benzene rings is 2. The van der Waals surface area contributed by atoms with Crippen molar-refractivity contribution in [2.24, 2.45) is 0 Å². The van der Waals surface area contributed by atoms with E-state index in [1.165, 1.54) is 0 Å². The summed E-state index contributed by atoms with van der Waals surface area (Å²) in [4.78, 5) is 17.2. The monoisotopic (exact) mass is 466 g/mol. The van der Waals surface area contributed by atoms with Crippen LogP contribution < -0.4 is 14.2 Å². The highest BCUT2D eigenvalue weighted by Gasteiger charge is 2.24. The van der Waals surface area contributed by atoms with Gasteiger partial charge in [-0.1, -0.05) is 0 Å². The summed E-state index contributed by atoms with van der Waals surface area (Å²) in [7, 11) is 1.63. The molecule has 34 heavy (non-hydrogen) atoms. The van der Waals surface area contributed by atoms with Crippen molar-refractivity contribution in [3.8, 4) is 22.9 Å². The van der Waals surface area contributed by atoms with Gasteiger partial charge in [-0.2, -0.15) is 4.68 Å². The number of hydrogen-bond donors (Lipinski definition) is 0. The van der Waals surface area contributed by atoms with Crippen molar-refractivity contribution in [3.05, 3.63) is 53.9 Å². The van der Waals surface area contributed by atoms with Crippen LogP contribution in [-0.2, 0) is 6.54 Å². The Kier molecular flexibility index (Phi) is 7.58. The third-order valence-corrected chi connectivity index (χ3v) is 5.67. The summed E-state index contributed by atoms with van der Waals surface area (Å²) in [5, 5.41) is 12.2. The van der Waals surface area contributed by atoms with Crippen molar-refractivity contribution in [2.75, 3.05) is 46.5 Å². The largest absolute Gasteiger partial charge is 0.497 e. The maximum absolute atomic E-state index is 13.1. The number of aromatic nitrogens is 4. The summed E-state index contributed by atoms with van der Waals surface area (Å²) in [5.74, 6) is 2.77. The lowest BCUT2D eigenvalue weighted by Gasteiger charge is -2.34. The molecule has 1 fully saturated rings. The lowest BCUT2D eigenvalue weighted by atomic mass is 10.1. The second-order valence-electron chi connectivity index (χ2n) is 7.80. The highest BCUT2D eigenvalue weighted by atomic mass is 16.5. The van der Waals surface area contributed by atoms with Gasteiger partial charge in [-0.25, -0.2) is 0 Å². The average Bonchev–Trinajstić information content (AvgIpc) is 3.33. The molecule has 0 unspecified atom stereocenters. The number of rotatable bonds is 9. The summed E-state index contributed by atoms with van der Waals surface area (Å²) >= 11 is 0. The molecule has 2 heterocycles. The van der Waals surface area contributed by atoms with E-state index in [2.05, 4.69) is 20.4 Å². The first-order chi connectivity index (χ1) is 16.6. The number of carbonyl (C=O) groups excluding carboxylic acids is 1. The van der Waals surface area contributed by atoms with Crippen LogP contribution in [0.1, 0.15) is 30.0 Å². The molecular formula is C24H30N6O4. The Morgan fingerprint density at radius 2 is 1.65 bits per heavy atom. The molecule has 1 saturated heterocycles. The van der Waals surface area contributed by atoms with E-state index < -0.39 is 0 Å². The number of tetrazole rings is 1. The molecule has 0 atom stereocenters. The molecule has 0 radical (unpaired) electrons. The molecule has 180 valence electrons. The number of amides is 1. The zero-order valence-electron chi connectivity index (χ0n) is 19.8. The smallest absolute Gasteiger partial charge is 0.254 e. The van der Waals surface area contributed by atoms with E-state index in [0.29, 0.717) is 49.9 Å². The van der Waals surface area contributed by atoms with Crippen molar-refractivity contribution in [1.29, 1.82) is 0 Å². The molecule has 3 aromatic rings. The molecule has 1 aliphatic heterocycles. The lowest BCUT2D eigenvalue weighted by molar-refractivity contribution is 0.0624. The van der Waals surface area contributed by atoms with Crippen LogP contribution in [0.15, 0.2) is 42.5 Å². The van der Waals surface area contributed by atoms with Crippen LogP contribution >= 0.6 is 0 Å². The molecule has 1 aromatic heterocycles. The van der Waals surface area contributed by atoms with Crippen LogP contribution in [-0.4, -0.2) is 82.4 Å².